The van der Waals surface area contributed by atoms with Gasteiger partial charge >= 0.3 is 0 Å². The molecule has 1 fully saturated rings. The van der Waals surface area contributed by atoms with E-state index in [1.54, 1.807) is 19.0 Å². The van der Waals surface area contributed by atoms with Gasteiger partial charge in [0.25, 0.3) is 5.91 Å². The maximum Gasteiger partial charge on any atom is 0.265 e. The molecule has 1 saturated heterocycles. The van der Waals surface area contributed by atoms with Crippen LogP contribution in [0.25, 0.3) is 9.53 Å². The van der Waals surface area contributed by atoms with Gasteiger partial charge in [0.05, 0.1) is 15.5 Å². The maximum atomic E-state index is 13.0. The monoisotopic (exact) mass is 418 g/mol. The maximum absolute atomic E-state index is 13.0. The Bertz CT molecular complexity index is 997. The molecule has 1 aliphatic rings. The van der Waals surface area contributed by atoms with Gasteiger partial charge in [0.2, 0.25) is 5.91 Å². The Kier molecular flexibility index (Phi) is 5.03. The number of carbonyl (C=O) groups excluding carboxylic acids is 2. The average Bonchev–Trinajstić information content (AvgIpc) is 3.36. The third-order valence-electron chi connectivity index (χ3n) is 4.65. The lowest BCUT2D eigenvalue weighted by molar-refractivity contribution is -0.132. The molecule has 1 aromatic carbocycles. The number of carbonyl (C=O) groups is 2. The second-order valence-corrected chi connectivity index (χ2v) is 8.94. The van der Waals surface area contributed by atoms with E-state index in [-0.39, 0.29) is 23.5 Å². The number of nitrogens with one attached hydrogen (secondary N) is 1. The lowest BCUT2D eigenvalue weighted by Gasteiger charge is -2.17. The molecule has 0 saturated carbocycles. The molecule has 6 nitrogen and oxygen atoms in total. The van der Waals surface area contributed by atoms with Crippen molar-refractivity contribution in [2.24, 2.45) is 5.92 Å². The van der Waals surface area contributed by atoms with Crippen LogP contribution in [0.5, 0.6) is 0 Å². The zero-order chi connectivity index (χ0) is 19.8. The lowest BCUT2D eigenvalue weighted by atomic mass is 10.1. The molecule has 1 N–H and O–H groups in total. The summed E-state index contributed by atoms with van der Waals surface area (Å²) in [5, 5.41) is 3.65. The minimum absolute atomic E-state index is 0.00832. The Hall–Kier alpha value is -2.52. The number of hydrogen-bond acceptors (Lipinski definition) is 6. The summed E-state index contributed by atoms with van der Waals surface area (Å²) >= 11 is 2.86. The van der Waals surface area contributed by atoms with Gasteiger partial charge in [0, 0.05) is 32.9 Å². The number of hydrogen-bond donors (Lipinski definition) is 1. The molecule has 3 aromatic rings. The van der Waals surface area contributed by atoms with E-state index in [0.29, 0.717) is 17.1 Å². The average molecular weight is 419 g/mol. The highest BCUT2D eigenvalue weighted by Crippen LogP contribution is 2.37. The number of thiophene rings is 1. The van der Waals surface area contributed by atoms with Gasteiger partial charge in [-0.05, 0) is 36.8 Å². The van der Waals surface area contributed by atoms with Crippen molar-refractivity contribution >= 4 is 54.8 Å². The topological polar surface area (TPSA) is 65.5 Å². The molecule has 9 heteroatoms. The van der Waals surface area contributed by atoms with Gasteiger partial charge in [-0.3, -0.25) is 9.59 Å². The molecule has 0 unspecified atom stereocenters. The highest BCUT2D eigenvalue weighted by Gasteiger charge is 2.31. The van der Waals surface area contributed by atoms with Crippen LogP contribution in [0, 0.1) is 11.7 Å². The van der Waals surface area contributed by atoms with Gasteiger partial charge in [-0.15, -0.1) is 11.3 Å². The minimum Gasteiger partial charge on any atom is -0.349 e. The van der Waals surface area contributed by atoms with Crippen molar-refractivity contribution in [1.82, 2.24) is 9.88 Å². The predicted molar refractivity (Wildman–Crippen MR) is 111 cm³/mol. The van der Waals surface area contributed by atoms with E-state index in [2.05, 4.69) is 15.2 Å². The number of thiazole rings is 1. The van der Waals surface area contributed by atoms with Crippen molar-refractivity contribution in [1.29, 1.82) is 0 Å². The number of anilines is 2. The molecule has 2 amide bonds. The molecule has 146 valence electrons. The summed E-state index contributed by atoms with van der Waals surface area (Å²) in [5.74, 6) is -0.418. The first kappa shape index (κ1) is 18.8. The van der Waals surface area contributed by atoms with Crippen LogP contribution in [0.1, 0.15) is 16.1 Å². The van der Waals surface area contributed by atoms with E-state index in [1.807, 2.05) is 6.07 Å². The van der Waals surface area contributed by atoms with Gasteiger partial charge in [0.15, 0.2) is 5.13 Å². The molecule has 1 atom stereocenters. The van der Waals surface area contributed by atoms with Crippen molar-refractivity contribution in [3.8, 4) is 0 Å². The van der Waals surface area contributed by atoms with Crippen molar-refractivity contribution in [3.05, 3.63) is 41.0 Å². The molecule has 0 bridgehead atoms. The Labute approximate surface area is 169 Å². The van der Waals surface area contributed by atoms with Crippen molar-refractivity contribution < 1.29 is 14.0 Å². The number of nitrogens with zero attached hydrogens (tertiary/aromatic N) is 3. The van der Waals surface area contributed by atoms with E-state index < -0.39 is 0 Å². The Morgan fingerprint density at radius 1 is 1.25 bits per heavy atom. The number of rotatable bonds is 4. The molecular formula is C19H19FN4O2S2. The van der Waals surface area contributed by atoms with Gasteiger partial charge in [0.1, 0.15) is 10.6 Å². The number of halogens is 1. The summed E-state index contributed by atoms with van der Waals surface area (Å²) < 4.78 is 13.9. The largest absolute Gasteiger partial charge is 0.349 e. The molecule has 0 aliphatic carbocycles. The van der Waals surface area contributed by atoms with Crippen molar-refractivity contribution in [2.75, 3.05) is 37.4 Å². The van der Waals surface area contributed by atoms with E-state index in [0.717, 1.165) is 27.6 Å². The molecule has 2 aromatic heterocycles. The summed E-state index contributed by atoms with van der Waals surface area (Å²) in [7, 11) is 3.56. The highest BCUT2D eigenvalue weighted by molar-refractivity contribution is 7.29. The highest BCUT2D eigenvalue weighted by atomic mass is 32.1. The van der Waals surface area contributed by atoms with Crippen LogP contribution in [0.15, 0.2) is 30.3 Å². The van der Waals surface area contributed by atoms with Crippen LogP contribution in [-0.4, -0.2) is 48.9 Å². The third-order valence-corrected chi connectivity index (χ3v) is 6.87. The van der Waals surface area contributed by atoms with Crippen molar-refractivity contribution in [3.63, 3.8) is 0 Å². The first-order valence-electron chi connectivity index (χ1n) is 8.84. The first-order valence-corrected chi connectivity index (χ1v) is 10.5. The van der Waals surface area contributed by atoms with Crippen LogP contribution >= 0.6 is 22.7 Å². The quantitative estimate of drug-likeness (QED) is 0.702. The van der Waals surface area contributed by atoms with E-state index in [1.165, 1.54) is 46.9 Å². The number of amides is 2. The lowest BCUT2D eigenvalue weighted by Crippen LogP contribution is -2.31. The fourth-order valence-electron chi connectivity index (χ4n) is 3.20. The molecule has 1 aliphatic heterocycles. The standard InChI is InChI=1S/C19H19FN4O2S2/c1-23(2)18(26)11-7-8-24(10-11)19-22-17-15(28-19)9-14(27-17)16(25)21-13-5-3-12(20)4-6-13/h3-6,9,11H,7-8,10H2,1-2H3,(H,21,25)/t11-/m1/s1. The molecule has 28 heavy (non-hydrogen) atoms. The number of aromatic nitrogens is 1. The Morgan fingerprint density at radius 2 is 2.00 bits per heavy atom. The zero-order valence-corrected chi connectivity index (χ0v) is 17.1. The van der Waals surface area contributed by atoms with Crippen LogP contribution in [0.4, 0.5) is 15.2 Å². The number of benzene rings is 1. The van der Waals surface area contributed by atoms with Crippen LogP contribution < -0.4 is 10.2 Å². The van der Waals surface area contributed by atoms with Crippen molar-refractivity contribution in [2.45, 2.75) is 6.42 Å². The molecule has 4 rings (SSSR count). The van der Waals surface area contributed by atoms with E-state index in [4.69, 9.17) is 0 Å². The summed E-state index contributed by atoms with van der Waals surface area (Å²) in [6, 6.07) is 7.50. The summed E-state index contributed by atoms with van der Waals surface area (Å²) in [6.45, 7) is 1.48. The second-order valence-electron chi connectivity index (χ2n) is 6.90. The predicted octanol–water partition coefficient (Wildman–Crippen LogP) is 3.66. The van der Waals surface area contributed by atoms with Gasteiger partial charge < -0.3 is 15.1 Å². The fourth-order valence-corrected chi connectivity index (χ4v) is 5.34. The number of fused-ring (bicyclic) bond motifs is 1. The Morgan fingerprint density at radius 3 is 2.68 bits per heavy atom. The molecule has 0 spiro atoms. The third kappa shape index (κ3) is 3.72. The normalized spacial score (nSPS) is 16.5. The van der Waals surface area contributed by atoms with Crippen LogP contribution in [-0.2, 0) is 4.79 Å². The molecule has 3 heterocycles. The molecule has 0 radical (unpaired) electrons. The summed E-state index contributed by atoms with van der Waals surface area (Å²) in [4.78, 5) is 34.4. The van der Waals surface area contributed by atoms with Gasteiger partial charge in [-0.1, -0.05) is 11.3 Å². The van der Waals surface area contributed by atoms with Gasteiger partial charge in [-0.2, -0.15) is 0 Å². The smallest absolute Gasteiger partial charge is 0.265 e. The zero-order valence-electron chi connectivity index (χ0n) is 15.4. The van der Waals surface area contributed by atoms with E-state index >= 15 is 0 Å². The Balaban J connectivity index is 1.45. The summed E-state index contributed by atoms with van der Waals surface area (Å²) in [6.07, 6.45) is 0.829. The molecular weight excluding hydrogens is 399 g/mol. The SMILES string of the molecule is CN(C)C(=O)[C@@H]1CCN(c2nc3sc(C(=O)Nc4ccc(F)cc4)cc3s2)C1. The van der Waals surface area contributed by atoms with Crippen LogP contribution in [0.2, 0.25) is 0 Å². The fraction of sp³-hybridized carbons (Fsp3) is 0.316. The van der Waals surface area contributed by atoms with E-state index in [9.17, 15) is 14.0 Å². The van der Waals surface area contributed by atoms with Gasteiger partial charge in [-0.25, -0.2) is 9.37 Å². The minimum atomic E-state index is -0.345. The first-order chi connectivity index (χ1) is 13.4. The summed E-state index contributed by atoms with van der Waals surface area (Å²) in [5.41, 5.74) is 0.547. The second kappa shape index (κ2) is 7.48. The van der Waals surface area contributed by atoms with Crippen LogP contribution in [0.3, 0.4) is 0 Å².